The van der Waals surface area contributed by atoms with Crippen LogP contribution in [0.4, 0.5) is 0 Å². The number of rotatable bonds is 6. The van der Waals surface area contributed by atoms with Crippen LogP contribution in [0.25, 0.3) is 0 Å². The molecule has 0 aromatic heterocycles. The fraction of sp³-hybridized carbons (Fsp3) is 0.562. The molecule has 5 heteroatoms. The Morgan fingerprint density at radius 2 is 2.00 bits per heavy atom. The van der Waals surface area contributed by atoms with E-state index in [1.165, 1.54) is 0 Å². The van der Waals surface area contributed by atoms with E-state index in [4.69, 9.17) is 9.47 Å². The molecule has 0 unspecified atom stereocenters. The van der Waals surface area contributed by atoms with Gasteiger partial charge in [-0.1, -0.05) is 19.1 Å². The Balaban J connectivity index is 1.72. The van der Waals surface area contributed by atoms with Gasteiger partial charge in [0.15, 0.2) is 0 Å². The number of hydrogen-bond acceptors (Lipinski definition) is 4. The Morgan fingerprint density at radius 1 is 1.24 bits per heavy atom. The normalized spacial score (nSPS) is 16.0. The summed E-state index contributed by atoms with van der Waals surface area (Å²) in [4.78, 5) is 16.3. The van der Waals surface area contributed by atoms with Gasteiger partial charge in [0, 0.05) is 26.2 Å². The van der Waals surface area contributed by atoms with E-state index in [-0.39, 0.29) is 12.5 Å². The van der Waals surface area contributed by atoms with E-state index >= 15 is 0 Å². The molecule has 1 aromatic rings. The molecule has 0 saturated carbocycles. The van der Waals surface area contributed by atoms with Gasteiger partial charge >= 0.3 is 0 Å². The second-order valence-electron chi connectivity index (χ2n) is 5.16. The van der Waals surface area contributed by atoms with Crippen LogP contribution < -0.4 is 4.74 Å². The van der Waals surface area contributed by atoms with Crippen LogP contribution in [-0.4, -0.2) is 62.1 Å². The molecule has 1 saturated heterocycles. The Morgan fingerprint density at radius 3 is 2.67 bits per heavy atom. The van der Waals surface area contributed by atoms with Crippen molar-refractivity contribution in [1.29, 1.82) is 0 Å². The lowest BCUT2D eigenvalue weighted by molar-refractivity contribution is -0.138. The fourth-order valence-electron chi connectivity index (χ4n) is 2.42. The first-order valence-corrected chi connectivity index (χ1v) is 7.43. The summed E-state index contributed by atoms with van der Waals surface area (Å²) in [6, 6.07) is 7.70. The molecule has 0 radical (unpaired) electrons. The standard InChI is InChI=1S/C16H24N2O3/c1-3-17-7-9-18(10-8-17)16(19)13-21-12-14-5-4-6-15(11-14)20-2/h4-6,11H,3,7-10,12-13H2,1-2H3. The SMILES string of the molecule is CCN1CCN(C(=O)COCc2cccc(OC)c2)CC1. The third-order valence-corrected chi connectivity index (χ3v) is 3.80. The lowest BCUT2D eigenvalue weighted by Gasteiger charge is -2.34. The molecule has 116 valence electrons. The quantitative estimate of drug-likeness (QED) is 0.794. The topological polar surface area (TPSA) is 42.0 Å². The maximum absolute atomic E-state index is 12.1. The molecule has 21 heavy (non-hydrogen) atoms. The molecule has 1 fully saturated rings. The molecule has 1 aliphatic heterocycles. The number of methoxy groups -OCH3 is 1. The number of hydrogen-bond donors (Lipinski definition) is 0. The number of benzene rings is 1. The lowest BCUT2D eigenvalue weighted by Crippen LogP contribution is -2.49. The van der Waals surface area contributed by atoms with Gasteiger partial charge in [-0.25, -0.2) is 0 Å². The molecular weight excluding hydrogens is 268 g/mol. The Hall–Kier alpha value is -1.59. The number of carbonyl (C=O) groups is 1. The van der Waals surface area contributed by atoms with Gasteiger partial charge in [0.05, 0.1) is 13.7 Å². The van der Waals surface area contributed by atoms with Crippen molar-refractivity contribution in [3.8, 4) is 5.75 Å². The fourth-order valence-corrected chi connectivity index (χ4v) is 2.42. The Kier molecular flexibility index (Phi) is 6.02. The first-order chi connectivity index (χ1) is 10.2. The van der Waals surface area contributed by atoms with Crippen molar-refractivity contribution >= 4 is 5.91 Å². The van der Waals surface area contributed by atoms with Gasteiger partial charge in [-0.3, -0.25) is 4.79 Å². The highest BCUT2D eigenvalue weighted by Gasteiger charge is 2.19. The average Bonchev–Trinajstić information content (AvgIpc) is 2.55. The van der Waals surface area contributed by atoms with Crippen LogP contribution in [0.1, 0.15) is 12.5 Å². The molecule has 5 nitrogen and oxygen atoms in total. The predicted molar refractivity (Wildman–Crippen MR) is 81.3 cm³/mol. The third-order valence-electron chi connectivity index (χ3n) is 3.80. The van der Waals surface area contributed by atoms with Gasteiger partial charge in [0.25, 0.3) is 0 Å². The maximum atomic E-state index is 12.1. The number of amides is 1. The summed E-state index contributed by atoms with van der Waals surface area (Å²) in [6.07, 6.45) is 0. The van der Waals surface area contributed by atoms with Gasteiger partial charge in [0.2, 0.25) is 5.91 Å². The van der Waals surface area contributed by atoms with E-state index in [0.29, 0.717) is 6.61 Å². The number of ether oxygens (including phenoxy) is 2. The lowest BCUT2D eigenvalue weighted by atomic mass is 10.2. The minimum atomic E-state index is 0.0775. The summed E-state index contributed by atoms with van der Waals surface area (Å²) in [7, 11) is 1.64. The largest absolute Gasteiger partial charge is 0.497 e. The zero-order valence-corrected chi connectivity index (χ0v) is 12.9. The molecule has 1 amide bonds. The first-order valence-electron chi connectivity index (χ1n) is 7.43. The average molecular weight is 292 g/mol. The van der Waals surface area contributed by atoms with Crippen molar-refractivity contribution in [2.24, 2.45) is 0 Å². The van der Waals surface area contributed by atoms with Gasteiger partial charge in [-0.15, -0.1) is 0 Å². The molecule has 0 N–H and O–H groups in total. The number of nitrogens with zero attached hydrogens (tertiary/aromatic N) is 2. The third kappa shape index (κ3) is 4.72. The number of piperazine rings is 1. The summed E-state index contributed by atoms with van der Waals surface area (Å²) < 4.78 is 10.7. The van der Waals surface area contributed by atoms with E-state index in [2.05, 4.69) is 11.8 Å². The molecule has 0 aliphatic carbocycles. The van der Waals surface area contributed by atoms with Gasteiger partial charge in [0.1, 0.15) is 12.4 Å². The molecule has 0 atom stereocenters. The predicted octanol–water partition coefficient (Wildman–Crippen LogP) is 1.38. The highest BCUT2D eigenvalue weighted by molar-refractivity contribution is 5.77. The Labute approximate surface area is 126 Å². The van der Waals surface area contributed by atoms with Crippen molar-refractivity contribution in [2.75, 3.05) is 46.4 Å². The highest BCUT2D eigenvalue weighted by atomic mass is 16.5. The van der Waals surface area contributed by atoms with Gasteiger partial charge in [-0.2, -0.15) is 0 Å². The maximum Gasteiger partial charge on any atom is 0.248 e. The summed E-state index contributed by atoms with van der Waals surface area (Å²) in [5, 5.41) is 0. The highest BCUT2D eigenvalue weighted by Crippen LogP contribution is 2.13. The van der Waals surface area contributed by atoms with E-state index in [1.54, 1.807) is 7.11 Å². The zero-order valence-electron chi connectivity index (χ0n) is 12.9. The smallest absolute Gasteiger partial charge is 0.248 e. The van der Waals surface area contributed by atoms with Crippen molar-refractivity contribution in [2.45, 2.75) is 13.5 Å². The molecule has 1 heterocycles. The van der Waals surface area contributed by atoms with Crippen molar-refractivity contribution in [1.82, 2.24) is 9.80 Å². The summed E-state index contributed by atoms with van der Waals surface area (Å²) in [5.74, 6) is 0.881. The van der Waals surface area contributed by atoms with E-state index in [9.17, 15) is 4.79 Å². The van der Waals surface area contributed by atoms with Crippen LogP contribution in [0, 0.1) is 0 Å². The number of carbonyl (C=O) groups excluding carboxylic acids is 1. The molecule has 2 rings (SSSR count). The van der Waals surface area contributed by atoms with Gasteiger partial charge < -0.3 is 19.3 Å². The second kappa shape index (κ2) is 8.00. The minimum Gasteiger partial charge on any atom is -0.497 e. The van der Waals surface area contributed by atoms with Crippen LogP contribution in [0.3, 0.4) is 0 Å². The summed E-state index contributed by atoms with van der Waals surface area (Å²) in [5.41, 5.74) is 1.01. The van der Waals surface area contributed by atoms with E-state index < -0.39 is 0 Å². The van der Waals surface area contributed by atoms with Crippen molar-refractivity contribution in [3.05, 3.63) is 29.8 Å². The zero-order chi connectivity index (χ0) is 15.1. The molecule has 0 bridgehead atoms. The Bertz CT molecular complexity index is 457. The van der Waals surface area contributed by atoms with Crippen molar-refractivity contribution < 1.29 is 14.3 Å². The molecule has 1 aliphatic rings. The summed E-state index contributed by atoms with van der Waals surface area (Å²) >= 11 is 0. The molecule has 1 aromatic carbocycles. The second-order valence-corrected chi connectivity index (χ2v) is 5.16. The van der Waals surface area contributed by atoms with Gasteiger partial charge in [-0.05, 0) is 24.2 Å². The number of likely N-dealkylation sites (N-methyl/N-ethyl adjacent to an activating group) is 1. The van der Waals surface area contributed by atoms with Crippen LogP contribution in [-0.2, 0) is 16.1 Å². The van der Waals surface area contributed by atoms with Crippen molar-refractivity contribution in [3.63, 3.8) is 0 Å². The van der Waals surface area contributed by atoms with E-state index in [0.717, 1.165) is 44.0 Å². The van der Waals surface area contributed by atoms with Crippen LogP contribution in [0.2, 0.25) is 0 Å². The molecule has 0 spiro atoms. The molecular formula is C16H24N2O3. The van der Waals surface area contributed by atoms with Crippen LogP contribution in [0.15, 0.2) is 24.3 Å². The first kappa shape index (κ1) is 15.8. The minimum absolute atomic E-state index is 0.0775. The summed E-state index contributed by atoms with van der Waals surface area (Å²) in [6.45, 7) is 7.28. The monoisotopic (exact) mass is 292 g/mol. The van der Waals surface area contributed by atoms with E-state index in [1.807, 2.05) is 29.2 Å². The van der Waals surface area contributed by atoms with Crippen LogP contribution >= 0.6 is 0 Å². The van der Waals surface area contributed by atoms with Crippen LogP contribution in [0.5, 0.6) is 5.75 Å².